The zero-order chi connectivity index (χ0) is 24.9. The number of rotatable bonds is 8. The van der Waals surface area contributed by atoms with Gasteiger partial charge in [-0.1, -0.05) is 0 Å². The van der Waals surface area contributed by atoms with Crippen LogP contribution in [0.25, 0.3) is 0 Å². The fourth-order valence-electron chi connectivity index (χ4n) is 8.30. The van der Waals surface area contributed by atoms with Gasteiger partial charge >= 0.3 is 5.97 Å². The fourth-order valence-corrected chi connectivity index (χ4v) is 8.30. The molecule has 6 rings (SSSR count). The van der Waals surface area contributed by atoms with Crippen molar-refractivity contribution in [2.45, 2.75) is 84.2 Å². The molecule has 5 aliphatic rings. The van der Waals surface area contributed by atoms with Crippen LogP contribution in [0.4, 0.5) is 0 Å². The monoisotopic (exact) mass is 484 g/mol. The molecule has 1 aromatic rings. The van der Waals surface area contributed by atoms with Gasteiger partial charge in [0, 0.05) is 30.6 Å². The van der Waals surface area contributed by atoms with Crippen molar-refractivity contribution in [3.8, 4) is 0 Å². The molecule has 4 saturated carbocycles. The van der Waals surface area contributed by atoms with Gasteiger partial charge in [0.05, 0.1) is 18.1 Å². The Morgan fingerprint density at radius 2 is 1.71 bits per heavy atom. The van der Waals surface area contributed by atoms with Crippen LogP contribution in [0.5, 0.6) is 0 Å². The van der Waals surface area contributed by atoms with Crippen molar-refractivity contribution in [1.29, 1.82) is 0 Å². The smallest absolute Gasteiger partial charge is 0.329 e. The number of esters is 1. The fraction of sp³-hybridized carbons (Fsp3) is 0.750. The molecule has 35 heavy (non-hydrogen) atoms. The predicted octanol–water partition coefficient (Wildman–Crippen LogP) is 4.25. The lowest BCUT2D eigenvalue weighted by Crippen LogP contribution is -2.56. The Kier molecular flexibility index (Phi) is 6.58. The number of Topliss-reactive ketones (excluding diaryl/α,β-unsaturated/α-hetero) is 1. The zero-order valence-electron chi connectivity index (χ0n) is 21.7. The molecule has 4 bridgehead atoms. The van der Waals surface area contributed by atoms with Gasteiger partial charge in [-0.15, -0.1) is 0 Å². The zero-order valence-corrected chi connectivity index (χ0v) is 21.7. The molecule has 1 saturated heterocycles. The summed E-state index contributed by atoms with van der Waals surface area (Å²) in [7, 11) is 1.66. The number of nitrogens with zero attached hydrogens (tertiary/aromatic N) is 2. The van der Waals surface area contributed by atoms with Crippen LogP contribution in [0, 0.1) is 37.0 Å². The van der Waals surface area contributed by atoms with E-state index in [0.29, 0.717) is 42.9 Å². The SMILES string of the molecule is COCC(C)n1c(C)cc(C(=O)COC(=O)C2CCCN2C(=O)C23CC4CC(CC(C4)C2)C3)c1C. The number of likely N-dealkylation sites (tertiary alicyclic amines) is 1. The number of hydrogen-bond donors (Lipinski definition) is 0. The Morgan fingerprint density at radius 1 is 1.09 bits per heavy atom. The largest absolute Gasteiger partial charge is 0.456 e. The van der Waals surface area contributed by atoms with E-state index in [1.54, 1.807) is 12.0 Å². The standard InChI is InChI=1S/C28H40N2O5/c1-17-8-23(19(3)30(17)18(2)15-34-4)25(31)16-35-26(32)24-6-5-7-29(24)27(33)28-12-20-9-21(13-28)11-22(10-20)14-28/h8,18,20-22,24H,5-7,9-16H2,1-4H3. The molecule has 1 aliphatic heterocycles. The Labute approximate surface area is 208 Å². The molecule has 7 nitrogen and oxygen atoms in total. The summed E-state index contributed by atoms with van der Waals surface area (Å²) in [4.78, 5) is 41.7. The molecule has 0 radical (unpaired) electrons. The number of amides is 1. The number of hydrogen-bond acceptors (Lipinski definition) is 5. The number of aromatic nitrogens is 1. The molecule has 2 heterocycles. The van der Waals surface area contributed by atoms with Gasteiger partial charge in [0.2, 0.25) is 11.7 Å². The first kappa shape index (κ1) is 24.5. The third kappa shape index (κ3) is 4.34. The molecule has 5 fully saturated rings. The van der Waals surface area contributed by atoms with Crippen LogP contribution < -0.4 is 0 Å². The van der Waals surface area contributed by atoms with Crippen LogP contribution >= 0.6 is 0 Å². The topological polar surface area (TPSA) is 77.8 Å². The molecule has 1 aromatic heterocycles. The molecule has 0 N–H and O–H groups in total. The first-order valence-corrected chi connectivity index (χ1v) is 13.4. The maximum Gasteiger partial charge on any atom is 0.329 e. The third-order valence-electron chi connectivity index (χ3n) is 9.26. The van der Waals surface area contributed by atoms with Gasteiger partial charge in [0.15, 0.2) is 6.61 Å². The summed E-state index contributed by atoms with van der Waals surface area (Å²) in [6.45, 7) is 6.80. The maximum absolute atomic E-state index is 13.8. The summed E-state index contributed by atoms with van der Waals surface area (Å²) in [5.74, 6) is 1.58. The first-order valence-electron chi connectivity index (χ1n) is 13.4. The highest BCUT2D eigenvalue weighted by molar-refractivity contribution is 5.99. The Balaban J connectivity index is 1.23. The summed E-state index contributed by atoms with van der Waals surface area (Å²) >= 11 is 0. The van der Waals surface area contributed by atoms with Crippen molar-refractivity contribution >= 4 is 17.7 Å². The van der Waals surface area contributed by atoms with E-state index in [0.717, 1.165) is 37.1 Å². The van der Waals surface area contributed by atoms with Crippen LogP contribution in [-0.4, -0.2) is 60.0 Å². The normalized spacial score (nSPS) is 32.2. The maximum atomic E-state index is 13.8. The van der Waals surface area contributed by atoms with Gasteiger partial charge in [-0.05, 0) is 96.0 Å². The molecule has 7 heteroatoms. The van der Waals surface area contributed by atoms with Crippen molar-refractivity contribution in [3.63, 3.8) is 0 Å². The highest BCUT2D eigenvalue weighted by Gasteiger charge is 2.57. The molecule has 2 unspecified atom stereocenters. The Hall–Kier alpha value is -2.15. The van der Waals surface area contributed by atoms with Crippen molar-refractivity contribution in [1.82, 2.24) is 9.47 Å². The number of methoxy groups -OCH3 is 1. The van der Waals surface area contributed by atoms with Gasteiger partial charge < -0.3 is 18.9 Å². The van der Waals surface area contributed by atoms with Crippen LogP contribution in [-0.2, 0) is 19.1 Å². The van der Waals surface area contributed by atoms with E-state index in [1.165, 1.54) is 19.3 Å². The molecule has 0 aromatic carbocycles. The van der Waals surface area contributed by atoms with E-state index in [4.69, 9.17) is 9.47 Å². The lowest BCUT2D eigenvalue weighted by molar-refractivity contribution is -0.165. The van der Waals surface area contributed by atoms with Gasteiger partial charge in [0.1, 0.15) is 6.04 Å². The molecule has 192 valence electrons. The molecule has 1 amide bonds. The highest BCUT2D eigenvalue weighted by Crippen LogP contribution is 2.60. The highest BCUT2D eigenvalue weighted by atomic mass is 16.5. The van der Waals surface area contributed by atoms with E-state index in [2.05, 4.69) is 4.57 Å². The summed E-state index contributed by atoms with van der Waals surface area (Å²) in [6, 6.07) is 1.40. The van der Waals surface area contributed by atoms with Crippen LogP contribution in [0.3, 0.4) is 0 Å². The summed E-state index contributed by atoms with van der Waals surface area (Å²) < 4.78 is 12.9. The minimum atomic E-state index is -0.558. The molecule has 4 aliphatic carbocycles. The van der Waals surface area contributed by atoms with Crippen LogP contribution in [0.15, 0.2) is 6.07 Å². The van der Waals surface area contributed by atoms with Crippen molar-refractivity contribution < 1.29 is 23.9 Å². The lowest BCUT2D eigenvalue weighted by Gasteiger charge is -2.56. The van der Waals surface area contributed by atoms with E-state index < -0.39 is 12.0 Å². The van der Waals surface area contributed by atoms with E-state index >= 15 is 0 Å². The Bertz CT molecular complexity index is 976. The second-order valence-electron chi connectivity index (χ2n) is 11.8. The van der Waals surface area contributed by atoms with E-state index in [9.17, 15) is 14.4 Å². The van der Waals surface area contributed by atoms with Gasteiger partial charge in [-0.2, -0.15) is 0 Å². The number of carbonyl (C=O) groups excluding carboxylic acids is 3. The Morgan fingerprint density at radius 3 is 2.31 bits per heavy atom. The summed E-state index contributed by atoms with van der Waals surface area (Å²) in [5, 5.41) is 0. The summed E-state index contributed by atoms with van der Waals surface area (Å²) in [5.41, 5.74) is 2.15. The average molecular weight is 485 g/mol. The van der Waals surface area contributed by atoms with E-state index in [1.807, 2.05) is 26.8 Å². The second kappa shape index (κ2) is 9.38. The second-order valence-corrected chi connectivity index (χ2v) is 11.8. The first-order chi connectivity index (χ1) is 16.7. The molecular formula is C28H40N2O5. The number of carbonyl (C=O) groups is 3. The van der Waals surface area contributed by atoms with Gasteiger partial charge in [-0.25, -0.2) is 4.79 Å². The average Bonchev–Trinajstić information content (AvgIpc) is 3.40. The van der Waals surface area contributed by atoms with Gasteiger partial charge in [0.25, 0.3) is 0 Å². The predicted molar refractivity (Wildman–Crippen MR) is 131 cm³/mol. The number of ether oxygens (including phenoxy) is 2. The van der Waals surface area contributed by atoms with E-state index in [-0.39, 0.29) is 29.8 Å². The summed E-state index contributed by atoms with van der Waals surface area (Å²) in [6.07, 6.45) is 8.25. The van der Waals surface area contributed by atoms with Crippen molar-refractivity contribution in [2.24, 2.45) is 23.2 Å². The lowest BCUT2D eigenvalue weighted by atomic mass is 9.49. The molecule has 2 atom stereocenters. The minimum absolute atomic E-state index is 0.103. The quantitative estimate of drug-likeness (QED) is 0.407. The van der Waals surface area contributed by atoms with Crippen molar-refractivity contribution in [2.75, 3.05) is 26.9 Å². The number of ketones is 1. The molecular weight excluding hydrogens is 444 g/mol. The minimum Gasteiger partial charge on any atom is -0.456 e. The van der Waals surface area contributed by atoms with Crippen molar-refractivity contribution in [3.05, 3.63) is 23.0 Å². The van der Waals surface area contributed by atoms with Crippen LogP contribution in [0.2, 0.25) is 0 Å². The number of aryl methyl sites for hydroxylation is 1. The molecule has 0 spiro atoms. The third-order valence-corrected chi connectivity index (χ3v) is 9.26. The van der Waals surface area contributed by atoms with Gasteiger partial charge in [-0.3, -0.25) is 9.59 Å². The van der Waals surface area contributed by atoms with Crippen LogP contribution in [0.1, 0.15) is 86.1 Å².